The zero-order chi connectivity index (χ0) is 20.9. The van der Waals surface area contributed by atoms with Crippen molar-refractivity contribution in [3.63, 3.8) is 0 Å². The van der Waals surface area contributed by atoms with Gasteiger partial charge in [0.15, 0.2) is 5.78 Å². The molecule has 0 radical (unpaired) electrons. The van der Waals surface area contributed by atoms with E-state index in [2.05, 4.69) is 20.5 Å². The van der Waals surface area contributed by atoms with E-state index in [-0.39, 0.29) is 11.6 Å². The van der Waals surface area contributed by atoms with Gasteiger partial charge in [-0.2, -0.15) is 5.10 Å². The molecule has 1 atom stereocenters. The number of Topliss-reactive ketones (excluding diaryl/α,β-unsaturated/α-hetero) is 1. The van der Waals surface area contributed by atoms with E-state index in [9.17, 15) is 9.18 Å². The first-order valence-corrected chi connectivity index (χ1v) is 9.30. The molecule has 0 aliphatic carbocycles. The molecule has 0 bridgehead atoms. The van der Waals surface area contributed by atoms with E-state index in [0.29, 0.717) is 28.3 Å². The van der Waals surface area contributed by atoms with Crippen molar-refractivity contribution < 1.29 is 13.9 Å². The van der Waals surface area contributed by atoms with Crippen LogP contribution in [0, 0.1) is 5.82 Å². The third kappa shape index (κ3) is 4.05. The average molecular weight is 402 g/mol. The quantitative estimate of drug-likeness (QED) is 0.440. The van der Waals surface area contributed by atoms with Gasteiger partial charge in [-0.1, -0.05) is 42.5 Å². The van der Waals surface area contributed by atoms with Crippen molar-refractivity contribution >= 4 is 11.5 Å². The number of rotatable bonds is 7. The second kappa shape index (κ2) is 8.57. The molecule has 0 fully saturated rings. The molecule has 150 valence electrons. The number of ether oxygens (including phenoxy) is 1. The number of aromatic nitrogens is 3. The van der Waals surface area contributed by atoms with Gasteiger partial charge in [-0.05, 0) is 17.7 Å². The lowest BCUT2D eigenvalue weighted by atomic mass is 9.95. The number of aromatic amines is 1. The van der Waals surface area contributed by atoms with Crippen LogP contribution in [0.25, 0.3) is 11.3 Å². The summed E-state index contributed by atoms with van der Waals surface area (Å²) in [6, 6.07) is 16.2. The number of hydrogen-bond acceptors (Lipinski definition) is 5. The number of methoxy groups -OCH3 is 1. The van der Waals surface area contributed by atoms with E-state index in [1.54, 1.807) is 43.9 Å². The van der Waals surface area contributed by atoms with Crippen molar-refractivity contribution in [1.29, 1.82) is 0 Å². The minimum Gasteiger partial charge on any atom is -0.495 e. The van der Waals surface area contributed by atoms with E-state index in [1.807, 2.05) is 30.3 Å². The number of carbonyl (C=O) groups is 1. The molecule has 2 N–H and O–H groups in total. The predicted octanol–water partition coefficient (Wildman–Crippen LogP) is 4.66. The van der Waals surface area contributed by atoms with Crippen LogP contribution in [-0.4, -0.2) is 28.1 Å². The van der Waals surface area contributed by atoms with E-state index < -0.39 is 6.04 Å². The van der Waals surface area contributed by atoms with Crippen LogP contribution >= 0.6 is 0 Å². The van der Waals surface area contributed by atoms with Crippen LogP contribution < -0.4 is 10.1 Å². The van der Waals surface area contributed by atoms with Gasteiger partial charge in [0.1, 0.15) is 23.3 Å². The molecule has 2 aromatic carbocycles. The molecule has 0 aliphatic rings. The molecule has 0 amide bonds. The van der Waals surface area contributed by atoms with Gasteiger partial charge in [0.2, 0.25) is 0 Å². The zero-order valence-electron chi connectivity index (χ0n) is 16.2. The van der Waals surface area contributed by atoms with E-state index in [4.69, 9.17) is 4.74 Å². The van der Waals surface area contributed by atoms with Crippen molar-refractivity contribution in [2.75, 3.05) is 12.4 Å². The molecule has 30 heavy (non-hydrogen) atoms. The fourth-order valence-electron chi connectivity index (χ4n) is 3.18. The monoisotopic (exact) mass is 402 g/mol. The first-order valence-electron chi connectivity index (χ1n) is 9.30. The molecule has 0 saturated carbocycles. The highest BCUT2D eigenvalue weighted by atomic mass is 19.1. The standard InChI is InChI=1S/C23H19FN4O2/c1-30-19-11-18(12-25-13-19)27-22(16-7-9-17(24)10-8-16)23(29)20-14-26-28-21(20)15-5-3-2-4-6-15/h2-14,22,27H,1H3,(H,26,28). The van der Waals surface area contributed by atoms with Gasteiger partial charge < -0.3 is 10.1 Å². The van der Waals surface area contributed by atoms with Crippen LogP contribution in [-0.2, 0) is 0 Å². The van der Waals surface area contributed by atoms with Gasteiger partial charge in [0, 0.05) is 17.8 Å². The molecule has 4 aromatic rings. The third-order valence-electron chi connectivity index (χ3n) is 4.68. The predicted molar refractivity (Wildman–Crippen MR) is 112 cm³/mol. The molecular formula is C23H19FN4O2. The Morgan fingerprint density at radius 3 is 2.60 bits per heavy atom. The van der Waals surface area contributed by atoms with Gasteiger partial charge in [-0.3, -0.25) is 14.9 Å². The number of hydrogen-bond donors (Lipinski definition) is 2. The SMILES string of the molecule is COc1cncc(NC(C(=O)c2c[nH]nc2-c2ccccc2)c2ccc(F)cc2)c1. The maximum absolute atomic E-state index is 13.6. The van der Waals surface area contributed by atoms with Crippen molar-refractivity contribution in [3.05, 3.63) is 96.2 Å². The Morgan fingerprint density at radius 1 is 1.10 bits per heavy atom. The molecule has 4 rings (SSSR count). The molecule has 1 unspecified atom stereocenters. The average Bonchev–Trinajstić information content (AvgIpc) is 3.28. The Hall–Kier alpha value is -4.00. The number of nitrogens with one attached hydrogen (secondary N) is 2. The number of carbonyl (C=O) groups excluding carboxylic acids is 1. The van der Waals surface area contributed by atoms with E-state index in [0.717, 1.165) is 5.56 Å². The molecule has 6 nitrogen and oxygen atoms in total. The van der Waals surface area contributed by atoms with Gasteiger partial charge in [-0.15, -0.1) is 0 Å². The number of nitrogens with zero attached hydrogens (tertiary/aromatic N) is 2. The van der Waals surface area contributed by atoms with Crippen LogP contribution in [0.4, 0.5) is 10.1 Å². The number of H-pyrrole nitrogens is 1. The van der Waals surface area contributed by atoms with Gasteiger partial charge in [-0.25, -0.2) is 4.39 Å². The summed E-state index contributed by atoms with van der Waals surface area (Å²) in [5.74, 6) is -0.0306. The summed E-state index contributed by atoms with van der Waals surface area (Å²) >= 11 is 0. The maximum Gasteiger partial charge on any atom is 0.193 e. The summed E-state index contributed by atoms with van der Waals surface area (Å²) in [6.45, 7) is 0. The van der Waals surface area contributed by atoms with Crippen LogP contribution in [0.15, 0.2) is 79.3 Å². The second-order valence-corrected chi connectivity index (χ2v) is 6.62. The molecule has 0 aliphatic heterocycles. The fourth-order valence-corrected chi connectivity index (χ4v) is 3.18. The van der Waals surface area contributed by atoms with Crippen molar-refractivity contribution in [3.8, 4) is 17.0 Å². The molecule has 2 heterocycles. The van der Waals surface area contributed by atoms with Crippen LogP contribution in [0.2, 0.25) is 0 Å². The topological polar surface area (TPSA) is 79.9 Å². The molecule has 2 aromatic heterocycles. The summed E-state index contributed by atoms with van der Waals surface area (Å²) in [4.78, 5) is 17.7. The van der Waals surface area contributed by atoms with Gasteiger partial charge >= 0.3 is 0 Å². The van der Waals surface area contributed by atoms with Crippen molar-refractivity contribution in [2.24, 2.45) is 0 Å². The van der Waals surface area contributed by atoms with Crippen molar-refractivity contribution in [2.45, 2.75) is 6.04 Å². The third-order valence-corrected chi connectivity index (χ3v) is 4.68. The Balaban J connectivity index is 1.73. The summed E-state index contributed by atoms with van der Waals surface area (Å²) < 4.78 is 18.7. The number of anilines is 1. The molecule has 0 saturated heterocycles. The largest absolute Gasteiger partial charge is 0.495 e. The highest BCUT2D eigenvalue weighted by Crippen LogP contribution is 2.29. The highest BCUT2D eigenvalue weighted by molar-refractivity contribution is 6.06. The Kier molecular flexibility index (Phi) is 5.52. The number of pyridine rings is 1. The lowest BCUT2D eigenvalue weighted by Crippen LogP contribution is -2.21. The van der Waals surface area contributed by atoms with E-state index >= 15 is 0 Å². The smallest absolute Gasteiger partial charge is 0.193 e. The van der Waals surface area contributed by atoms with Crippen LogP contribution in [0.3, 0.4) is 0 Å². The van der Waals surface area contributed by atoms with Gasteiger partial charge in [0.25, 0.3) is 0 Å². The lowest BCUT2D eigenvalue weighted by Gasteiger charge is -2.19. The minimum atomic E-state index is -0.778. The summed E-state index contributed by atoms with van der Waals surface area (Å²) in [5, 5.41) is 10.3. The Bertz CT molecular complexity index is 1140. The first kappa shape index (κ1) is 19.3. The van der Waals surface area contributed by atoms with Crippen LogP contribution in [0.1, 0.15) is 22.0 Å². The van der Waals surface area contributed by atoms with E-state index in [1.165, 1.54) is 12.1 Å². The number of halogens is 1. The lowest BCUT2D eigenvalue weighted by molar-refractivity contribution is 0.0970. The molecular weight excluding hydrogens is 383 g/mol. The maximum atomic E-state index is 13.6. The fraction of sp³-hybridized carbons (Fsp3) is 0.0870. The Morgan fingerprint density at radius 2 is 1.87 bits per heavy atom. The zero-order valence-corrected chi connectivity index (χ0v) is 16.2. The summed E-state index contributed by atoms with van der Waals surface area (Å²) in [6.07, 6.45) is 4.75. The summed E-state index contributed by atoms with van der Waals surface area (Å²) in [5.41, 5.74) is 3.02. The normalized spacial score (nSPS) is 11.7. The second-order valence-electron chi connectivity index (χ2n) is 6.62. The first-order chi connectivity index (χ1) is 14.7. The minimum absolute atomic E-state index is 0.211. The highest BCUT2D eigenvalue weighted by Gasteiger charge is 2.26. The number of ketones is 1. The summed E-state index contributed by atoms with van der Waals surface area (Å²) in [7, 11) is 1.54. The van der Waals surface area contributed by atoms with Crippen molar-refractivity contribution in [1.82, 2.24) is 15.2 Å². The molecule has 7 heteroatoms. The molecule has 0 spiro atoms. The van der Waals surface area contributed by atoms with Crippen LogP contribution in [0.5, 0.6) is 5.75 Å². The van der Waals surface area contributed by atoms with Gasteiger partial charge in [0.05, 0.1) is 30.8 Å². The number of benzene rings is 2. The Labute approximate surface area is 172 Å².